The second-order valence-electron chi connectivity index (χ2n) is 6.54. The molecule has 0 bridgehead atoms. The van der Waals surface area contributed by atoms with E-state index < -0.39 is 0 Å². The van der Waals surface area contributed by atoms with Crippen LogP contribution in [-0.2, 0) is 11.3 Å². The van der Waals surface area contributed by atoms with Gasteiger partial charge < -0.3 is 15.1 Å². The van der Waals surface area contributed by atoms with Gasteiger partial charge in [0, 0.05) is 44.5 Å². The fourth-order valence-electron chi connectivity index (χ4n) is 2.99. The first kappa shape index (κ1) is 18.6. The number of carbonyl (C=O) groups is 3. The van der Waals surface area contributed by atoms with Gasteiger partial charge in [-0.3, -0.25) is 19.4 Å². The summed E-state index contributed by atoms with van der Waals surface area (Å²) < 4.78 is 0. The van der Waals surface area contributed by atoms with Crippen LogP contribution in [0.3, 0.4) is 0 Å². The third-order valence-corrected chi connectivity index (χ3v) is 4.53. The molecule has 7 heteroatoms. The predicted molar refractivity (Wildman–Crippen MR) is 100 cm³/mol. The number of nitrogens with one attached hydrogen (secondary N) is 1. The number of amides is 3. The minimum Gasteiger partial charge on any atom is -0.348 e. The van der Waals surface area contributed by atoms with Gasteiger partial charge in [-0.1, -0.05) is 29.8 Å². The van der Waals surface area contributed by atoms with Gasteiger partial charge in [-0.05, 0) is 24.6 Å². The number of benzene rings is 1. The van der Waals surface area contributed by atoms with Crippen molar-refractivity contribution in [2.24, 2.45) is 0 Å². The number of hydrogen-bond acceptors (Lipinski definition) is 4. The molecule has 1 aromatic heterocycles. The maximum absolute atomic E-state index is 12.6. The quantitative estimate of drug-likeness (QED) is 0.807. The molecular weight excluding hydrogens is 344 g/mol. The molecule has 1 fully saturated rings. The molecule has 1 aliphatic heterocycles. The second kappa shape index (κ2) is 8.44. The fraction of sp³-hybridized carbons (Fsp3) is 0.300. The standard InChI is InChI=1S/C20H22N4O3/c1-15-3-2-4-16(11-15)13-22-19(26)17-5-6-21-18(12-17)20(27)24-9-7-23(14-25)8-10-24/h2-6,11-12,14H,7-10,13H2,1H3,(H,22,26). The summed E-state index contributed by atoms with van der Waals surface area (Å²) in [7, 11) is 0. The zero-order valence-electron chi connectivity index (χ0n) is 15.2. The molecule has 27 heavy (non-hydrogen) atoms. The average molecular weight is 366 g/mol. The van der Waals surface area contributed by atoms with Crippen LogP contribution < -0.4 is 5.32 Å². The zero-order chi connectivity index (χ0) is 19.2. The monoisotopic (exact) mass is 366 g/mol. The van der Waals surface area contributed by atoms with Crippen molar-refractivity contribution in [2.45, 2.75) is 13.5 Å². The highest BCUT2D eigenvalue weighted by Crippen LogP contribution is 2.09. The molecule has 1 aromatic carbocycles. The van der Waals surface area contributed by atoms with E-state index in [1.165, 1.54) is 12.3 Å². The Morgan fingerprint density at radius 2 is 1.93 bits per heavy atom. The maximum atomic E-state index is 12.6. The Bertz CT molecular complexity index is 845. The van der Waals surface area contributed by atoms with E-state index in [1.807, 2.05) is 31.2 Å². The molecule has 140 valence electrons. The Kier molecular flexibility index (Phi) is 5.80. The van der Waals surface area contributed by atoms with Crippen LogP contribution in [0.5, 0.6) is 0 Å². The zero-order valence-corrected chi connectivity index (χ0v) is 15.2. The molecule has 1 saturated heterocycles. The third-order valence-electron chi connectivity index (χ3n) is 4.53. The lowest BCUT2D eigenvalue weighted by molar-refractivity contribution is -0.119. The molecule has 7 nitrogen and oxygen atoms in total. The molecule has 0 radical (unpaired) electrons. The van der Waals surface area contributed by atoms with Crippen LogP contribution in [0.25, 0.3) is 0 Å². The van der Waals surface area contributed by atoms with E-state index in [4.69, 9.17) is 0 Å². The van der Waals surface area contributed by atoms with Crippen LogP contribution in [0.4, 0.5) is 0 Å². The van der Waals surface area contributed by atoms with Gasteiger partial charge in [0.2, 0.25) is 6.41 Å². The lowest BCUT2D eigenvalue weighted by atomic mass is 10.1. The number of piperazine rings is 1. The van der Waals surface area contributed by atoms with Crippen molar-refractivity contribution >= 4 is 18.2 Å². The van der Waals surface area contributed by atoms with E-state index >= 15 is 0 Å². The highest BCUT2D eigenvalue weighted by atomic mass is 16.2. The highest BCUT2D eigenvalue weighted by Gasteiger charge is 2.22. The van der Waals surface area contributed by atoms with Gasteiger partial charge in [-0.15, -0.1) is 0 Å². The van der Waals surface area contributed by atoms with E-state index in [-0.39, 0.29) is 17.5 Å². The number of hydrogen-bond donors (Lipinski definition) is 1. The summed E-state index contributed by atoms with van der Waals surface area (Å²) in [5, 5.41) is 2.86. The van der Waals surface area contributed by atoms with E-state index in [0.29, 0.717) is 38.3 Å². The number of nitrogens with zero attached hydrogens (tertiary/aromatic N) is 3. The Morgan fingerprint density at radius 3 is 2.63 bits per heavy atom. The van der Waals surface area contributed by atoms with Crippen molar-refractivity contribution in [3.63, 3.8) is 0 Å². The molecule has 2 aromatic rings. The Morgan fingerprint density at radius 1 is 1.15 bits per heavy atom. The van der Waals surface area contributed by atoms with Crippen LogP contribution >= 0.6 is 0 Å². The van der Waals surface area contributed by atoms with Gasteiger partial charge in [-0.2, -0.15) is 0 Å². The second-order valence-corrected chi connectivity index (χ2v) is 6.54. The molecule has 0 spiro atoms. The number of carbonyl (C=O) groups excluding carboxylic acids is 3. The van der Waals surface area contributed by atoms with Gasteiger partial charge in [-0.25, -0.2) is 0 Å². The van der Waals surface area contributed by atoms with Gasteiger partial charge in [0.05, 0.1) is 0 Å². The van der Waals surface area contributed by atoms with E-state index in [2.05, 4.69) is 10.3 Å². The van der Waals surface area contributed by atoms with Crippen molar-refractivity contribution in [1.82, 2.24) is 20.1 Å². The molecular formula is C20H22N4O3. The van der Waals surface area contributed by atoms with Crippen molar-refractivity contribution in [3.05, 3.63) is 65.0 Å². The van der Waals surface area contributed by atoms with Gasteiger partial charge >= 0.3 is 0 Å². The minimum atomic E-state index is -0.251. The van der Waals surface area contributed by atoms with Crippen LogP contribution in [0.1, 0.15) is 32.0 Å². The number of aromatic nitrogens is 1. The largest absolute Gasteiger partial charge is 0.348 e. The molecule has 0 atom stereocenters. The van der Waals surface area contributed by atoms with Crippen LogP contribution in [0.2, 0.25) is 0 Å². The van der Waals surface area contributed by atoms with Gasteiger partial charge in [0.1, 0.15) is 5.69 Å². The molecule has 1 N–H and O–H groups in total. The summed E-state index contributed by atoms with van der Waals surface area (Å²) in [5.41, 5.74) is 2.78. The summed E-state index contributed by atoms with van der Waals surface area (Å²) in [6, 6.07) is 11.0. The van der Waals surface area contributed by atoms with Crippen LogP contribution in [0.15, 0.2) is 42.6 Å². The number of rotatable bonds is 5. The summed E-state index contributed by atoms with van der Waals surface area (Å²) in [5.74, 6) is -0.479. The lowest BCUT2D eigenvalue weighted by Crippen LogP contribution is -2.48. The van der Waals surface area contributed by atoms with Crippen molar-refractivity contribution in [2.75, 3.05) is 26.2 Å². The van der Waals surface area contributed by atoms with Crippen molar-refractivity contribution < 1.29 is 14.4 Å². The Hall–Kier alpha value is -3.22. The lowest BCUT2D eigenvalue weighted by Gasteiger charge is -2.32. The molecule has 0 aliphatic carbocycles. The Labute approximate surface area is 158 Å². The fourth-order valence-corrected chi connectivity index (χ4v) is 2.99. The number of aryl methyl sites for hydroxylation is 1. The maximum Gasteiger partial charge on any atom is 0.272 e. The normalized spacial score (nSPS) is 14.0. The first-order valence-corrected chi connectivity index (χ1v) is 8.85. The molecule has 2 heterocycles. The van der Waals surface area contributed by atoms with E-state index in [9.17, 15) is 14.4 Å². The molecule has 3 rings (SSSR count). The molecule has 0 unspecified atom stereocenters. The van der Waals surface area contributed by atoms with Gasteiger partial charge in [0.25, 0.3) is 11.8 Å². The molecule has 0 saturated carbocycles. The predicted octanol–water partition coefficient (Wildman–Crippen LogP) is 1.23. The first-order chi connectivity index (χ1) is 13.1. The van der Waals surface area contributed by atoms with Gasteiger partial charge in [0.15, 0.2) is 0 Å². The summed E-state index contributed by atoms with van der Waals surface area (Å²) >= 11 is 0. The highest BCUT2D eigenvalue weighted by molar-refractivity contribution is 5.98. The smallest absolute Gasteiger partial charge is 0.272 e. The SMILES string of the molecule is Cc1cccc(CNC(=O)c2ccnc(C(=O)N3CCN(C=O)CC3)c2)c1. The van der Waals surface area contributed by atoms with Crippen molar-refractivity contribution in [1.29, 1.82) is 0 Å². The van der Waals surface area contributed by atoms with E-state index in [1.54, 1.807) is 15.9 Å². The molecule has 1 aliphatic rings. The summed E-state index contributed by atoms with van der Waals surface area (Å²) in [6.45, 7) is 4.35. The summed E-state index contributed by atoms with van der Waals surface area (Å²) in [4.78, 5) is 43.2. The number of pyridine rings is 1. The van der Waals surface area contributed by atoms with Crippen LogP contribution in [0, 0.1) is 6.92 Å². The first-order valence-electron chi connectivity index (χ1n) is 8.85. The minimum absolute atomic E-state index is 0.228. The van der Waals surface area contributed by atoms with Crippen LogP contribution in [-0.4, -0.2) is 59.2 Å². The topological polar surface area (TPSA) is 82.6 Å². The third kappa shape index (κ3) is 4.69. The van der Waals surface area contributed by atoms with Crippen molar-refractivity contribution in [3.8, 4) is 0 Å². The average Bonchev–Trinajstić information content (AvgIpc) is 2.71. The van der Waals surface area contributed by atoms with E-state index in [0.717, 1.165) is 17.5 Å². The Balaban J connectivity index is 1.63. The summed E-state index contributed by atoms with van der Waals surface area (Å²) in [6.07, 6.45) is 2.26. The molecule has 3 amide bonds.